The molecule has 19 heavy (non-hydrogen) atoms. The lowest BCUT2D eigenvalue weighted by Crippen LogP contribution is -2.29. The number of benzene rings is 1. The molecule has 0 spiro atoms. The molecule has 0 amide bonds. The number of aliphatic hydroxyl groups excluding tert-OH is 2. The Morgan fingerprint density at radius 3 is 2.68 bits per heavy atom. The highest BCUT2D eigenvalue weighted by molar-refractivity contribution is 7.91. The van der Waals surface area contributed by atoms with Gasteiger partial charge >= 0.3 is 0 Å². The topological polar surface area (TPSA) is 83.8 Å². The van der Waals surface area contributed by atoms with Crippen molar-refractivity contribution in [3.8, 4) is 5.75 Å². The fraction of sp³-hybridized carbons (Fsp3) is 0.538. The second kappa shape index (κ2) is 4.47. The molecule has 2 unspecified atom stereocenters. The van der Waals surface area contributed by atoms with Crippen molar-refractivity contribution < 1.29 is 23.4 Å². The minimum Gasteiger partial charge on any atom is -0.487 e. The molecular weight excluding hydrogens is 268 g/mol. The van der Waals surface area contributed by atoms with Crippen LogP contribution in [0.1, 0.15) is 23.7 Å². The lowest BCUT2D eigenvalue weighted by atomic mass is 10.1. The standard InChI is InChI=1S/C13H16O5S/c14-11-4-1-8-5-9(2-3-10(8)11)18-13-7-19(16,17)6-12(13)15/h2-3,5,11-15H,1,4,6-7H2/t11-,12?,13?/m1/s1. The third-order valence-corrected chi connectivity index (χ3v) is 5.41. The quantitative estimate of drug-likeness (QED) is 0.810. The SMILES string of the molecule is O=S1(=O)CC(O)C(Oc2ccc3c(c2)CC[C@H]3O)C1. The molecule has 1 heterocycles. The van der Waals surface area contributed by atoms with Gasteiger partial charge in [0.25, 0.3) is 0 Å². The highest BCUT2D eigenvalue weighted by Crippen LogP contribution is 2.34. The van der Waals surface area contributed by atoms with E-state index in [1.165, 1.54) is 0 Å². The number of hydrogen-bond donors (Lipinski definition) is 2. The van der Waals surface area contributed by atoms with Gasteiger partial charge in [0.15, 0.2) is 9.84 Å². The molecule has 1 aromatic carbocycles. The van der Waals surface area contributed by atoms with Gasteiger partial charge in [0.1, 0.15) is 18.0 Å². The minimum absolute atomic E-state index is 0.145. The molecule has 2 N–H and O–H groups in total. The Bertz CT molecular complexity index is 595. The molecule has 0 radical (unpaired) electrons. The van der Waals surface area contributed by atoms with E-state index in [-0.39, 0.29) is 11.5 Å². The van der Waals surface area contributed by atoms with Crippen LogP contribution < -0.4 is 4.74 Å². The van der Waals surface area contributed by atoms with Crippen molar-refractivity contribution in [1.82, 2.24) is 0 Å². The second-order valence-electron chi connectivity index (χ2n) is 5.22. The van der Waals surface area contributed by atoms with Crippen molar-refractivity contribution in [3.63, 3.8) is 0 Å². The molecule has 1 aromatic rings. The van der Waals surface area contributed by atoms with Gasteiger partial charge in [-0.3, -0.25) is 0 Å². The first-order chi connectivity index (χ1) is 8.94. The van der Waals surface area contributed by atoms with Crippen LogP contribution in [-0.4, -0.2) is 42.3 Å². The zero-order valence-electron chi connectivity index (χ0n) is 10.3. The number of fused-ring (bicyclic) bond motifs is 1. The van der Waals surface area contributed by atoms with Crippen molar-refractivity contribution in [3.05, 3.63) is 29.3 Å². The molecule has 3 atom stereocenters. The highest BCUT2D eigenvalue weighted by Gasteiger charge is 2.38. The number of ether oxygens (including phenoxy) is 1. The molecular formula is C13H16O5S. The number of rotatable bonds is 2. The van der Waals surface area contributed by atoms with Crippen LogP contribution in [0.3, 0.4) is 0 Å². The summed E-state index contributed by atoms with van der Waals surface area (Å²) in [5, 5.41) is 19.4. The van der Waals surface area contributed by atoms with Crippen molar-refractivity contribution in [1.29, 1.82) is 0 Å². The maximum atomic E-state index is 11.4. The molecule has 0 saturated carbocycles. The molecule has 104 valence electrons. The predicted octanol–water partition coefficient (Wildman–Crippen LogP) is 0.203. The van der Waals surface area contributed by atoms with E-state index in [1.54, 1.807) is 12.1 Å². The monoisotopic (exact) mass is 284 g/mol. The summed E-state index contributed by atoms with van der Waals surface area (Å²) in [6, 6.07) is 5.34. The van der Waals surface area contributed by atoms with Crippen LogP contribution in [0.25, 0.3) is 0 Å². The Morgan fingerprint density at radius 2 is 2.00 bits per heavy atom. The van der Waals surface area contributed by atoms with Gasteiger partial charge in [-0.1, -0.05) is 6.07 Å². The molecule has 6 heteroatoms. The predicted molar refractivity (Wildman–Crippen MR) is 68.8 cm³/mol. The van der Waals surface area contributed by atoms with Crippen LogP contribution in [-0.2, 0) is 16.3 Å². The fourth-order valence-corrected chi connectivity index (χ4v) is 4.39. The first kappa shape index (κ1) is 12.9. The van der Waals surface area contributed by atoms with E-state index in [0.717, 1.165) is 17.5 Å². The van der Waals surface area contributed by atoms with Crippen LogP contribution in [0.5, 0.6) is 5.75 Å². The lowest BCUT2D eigenvalue weighted by molar-refractivity contribution is 0.0737. The van der Waals surface area contributed by atoms with E-state index in [0.29, 0.717) is 12.2 Å². The Labute approximate surface area is 111 Å². The summed E-state index contributed by atoms with van der Waals surface area (Å²) in [4.78, 5) is 0. The average Bonchev–Trinajstić information content (AvgIpc) is 2.80. The van der Waals surface area contributed by atoms with Crippen LogP contribution in [0, 0.1) is 0 Å². The highest BCUT2D eigenvalue weighted by atomic mass is 32.2. The van der Waals surface area contributed by atoms with E-state index >= 15 is 0 Å². The lowest BCUT2D eigenvalue weighted by Gasteiger charge is -2.16. The maximum Gasteiger partial charge on any atom is 0.156 e. The molecule has 2 aliphatic rings. The summed E-state index contributed by atoms with van der Waals surface area (Å²) < 4.78 is 28.4. The normalized spacial score (nSPS) is 32.2. The van der Waals surface area contributed by atoms with Gasteiger partial charge in [-0.05, 0) is 36.1 Å². The van der Waals surface area contributed by atoms with Crippen molar-refractivity contribution >= 4 is 9.84 Å². The van der Waals surface area contributed by atoms with Gasteiger partial charge in [-0.25, -0.2) is 8.42 Å². The summed E-state index contributed by atoms with van der Waals surface area (Å²) in [6.07, 6.45) is -0.585. The largest absolute Gasteiger partial charge is 0.487 e. The van der Waals surface area contributed by atoms with Crippen LogP contribution in [0.2, 0.25) is 0 Å². The van der Waals surface area contributed by atoms with E-state index in [9.17, 15) is 18.6 Å². The Kier molecular flexibility index (Phi) is 3.03. The third kappa shape index (κ3) is 2.48. The van der Waals surface area contributed by atoms with E-state index in [2.05, 4.69) is 0 Å². The van der Waals surface area contributed by atoms with Crippen molar-refractivity contribution in [2.24, 2.45) is 0 Å². The molecule has 1 saturated heterocycles. The summed E-state index contributed by atoms with van der Waals surface area (Å²) in [7, 11) is -3.20. The Hall–Kier alpha value is -1.11. The zero-order chi connectivity index (χ0) is 13.6. The van der Waals surface area contributed by atoms with E-state index < -0.39 is 28.1 Å². The van der Waals surface area contributed by atoms with Crippen LogP contribution in [0.15, 0.2) is 18.2 Å². The second-order valence-corrected chi connectivity index (χ2v) is 7.37. The van der Waals surface area contributed by atoms with E-state index in [1.807, 2.05) is 6.07 Å². The number of hydrogen-bond acceptors (Lipinski definition) is 5. The molecule has 0 aromatic heterocycles. The van der Waals surface area contributed by atoms with Gasteiger partial charge in [0, 0.05) is 0 Å². The van der Waals surface area contributed by atoms with Gasteiger partial charge in [0.2, 0.25) is 0 Å². The first-order valence-electron chi connectivity index (χ1n) is 6.31. The summed E-state index contributed by atoms with van der Waals surface area (Å²) in [6.45, 7) is 0. The molecule has 1 aliphatic heterocycles. The number of aryl methyl sites for hydroxylation is 1. The van der Waals surface area contributed by atoms with E-state index in [4.69, 9.17) is 4.74 Å². The van der Waals surface area contributed by atoms with Crippen LogP contribution >= 0.6 is 0 Å². The fourth-order valence-electron chi connectivity index (χ4n) is 2.73. The average molecular weight is 284 g/mol. The van der Waals surface area contributed by atoms with Crippen molar-refractivity contribution in [2.45, 2.75) is 31.2 Å². The summed E-state index contributed by atoms with van der Waals surface area (Å²) in [5.74, 6) is 0.170. The molecule has 0 bridgehead atoms. The molecule has 1 aliphatic carbocycles. The number of sulfone groups is 1. The van der Waals surface area contributed by atoms with Gasteiger partial charge in [-0.15, -0.1) is 0 Å². The van der Waals surface area contributed by atoms with Gasteiger partial charge in [-0.2, -0.15) is 0 Å². The zero-order valence-corrected chi connectivity index (χ0v) is 11.1. The summed E-state index contributed by atoms with van der Waals surface area (Å²) >= 11 is 0. The van der Waals surface area contributed by atoms with Gasteiger partial charge < -0.3 is 14.9 Å². The van der Waals surface area contributed by atoms with Crippen LogP contribution in [0.4, 0.5) is 0 Å². The van der Waals surface area contributed by atoms with Gasteiger partial charge in [0.05, 0.1) is 17.6 Å². The third-order valence-electron chi connectivity index (χ3n) is 3.72. The molecule has 1 fully saturated rings. The minimum atomic E-state index is -3.20. The number of aliphatic hydroxyl groups is 2. The molecule has 5 nitrogen and oxygen atoms in total. The summed E-state index contributed by atoms with van der Waals surface area (Å²) in [5.41, 5.74) is 1.94. The van der Waals surface area contributed by atoms with Crippen molar-refractivity contribution in [2.75, 3.05) is 11.5 Å². The first-order valence-corrected chi connectivity index (χ1v) is 8.13. The Balaban J connectivity index is 1.78. The smallest absolute Gasteiger partial charge is 0.156 e. The maximum absolute atomic E-state index is 11.4. The molecule has 3 rings (SSSR count). The Morgan fingerprint density at radius 1 is 1.21 bits per heavy atom.